The van der Waals surface area contributed by atoms with Crippen LogP contribution >= 0.6 is 11.6 Å². The molecular formula is C20H21ClN4O2. The van der Waals surface area contributed by atoms with E-state index in [2.05, 4.69) is 20.6 Å². The van der Waals surface area contributed by atoms with Gasteiger partial charge in [0.05, 0.1) is 23.5 Å². The van der Waals surface area contributed by atoms with Crippen molar-refractivity contribution in [3.05, 3.63) is 64.9 Å². The van der Waals surface area contributed by atoms with Crippen molar-refractivity contribution in [1.82, 2.24) is 20.6 Å². The predicted molar refractivity (Wildman–Crippen MR) is 105 cm³/mol. The Kier molecular flexibility index (Phi) is 6.08. The van der Waals surface area contributed by atoms with Crippen LogP contribution in [0.25, 0.3) is 11.0 Å². The van der Waals surface area contributed by atoms with E-state index in [0.29, 0.717) is 18.0 Å². The van der Waals surface area contributed by atoms with Gasteiger partial charge in [-0.25, -0.2) is 4.98 Å². The smallest absolute Gasteiger partial charge is 0.222 e. The van der Waals surface area contributed by atoms with Gasteiger partial charge in [-0.3, -0.25) is 9.59 Å². The normalized spacial score (nSPS) is 11.9. The van der Waals surface area contributed by atoms with E-state index in [-0.39, 0.29) is 18.2 Å². The van der Waals surface area contributed by atoms with Gasteiger partial charge >= 0.3 is 0 Å². The van der Waals surface area contributed by atoms with Gasteiger partial charge in [-0.1, -0.05) is 35.9 Å². The van der Waals surface area contributed by atoms with Gasteiger partial charge in [-0.05, 0) is 29.8 Å². The average molecular weight is 385 g/mol. The maximum Gasteiger partial charge on any atom is 0.222 e. The predicted octanol–water partition coefficient (Wildman–Crippen LogP) is 3.14. The van der Waals surface area contributed by atoms with Gasteiger partial charge in [0.2, 0.25) is 11.8 Å². The van der Waals surface area contributed by atoms with Gasteiger partial charge in [0.25, 0.3) is 0 Å². The van der Waals surface area contributed by atoms with Gasteiger partial charge < -0.3 is 15.6 Å². The first-order valence-corrected chi connectivity index (χ1v) is 9.12. The number of nitrogens with zero attached hydrogens (tertiary/aromatic N) is 1. The zero-order chi connectivity index (χ0) is 19.2. The van der Waals surface area contributed by atoms with Crippen molar-refractivity contribution in [2.75, 3.05) is 6.54 Å². The summed E-state index contributed by atoms with van der Waals surface area (Å²) in [5, 5.41) is 6.30. The third-order valence-corrected chi connectivity index (χ3v) is 4.41. The van der Waals surface area contributed by atoms with Crippen LogP contribution in [0, 0.1) is 0 Å². The molecule has 0 aliphatic carbocycles. The van der Waals surface area contributed by atoms with Crippen molar-refractivity contribution < 1.29 is 9.59 Å². The first-order chi connectivity index (χ1) is 13.0. The van der Waals surface area contributed by atoms with E-state index in [1.165, 1.54) is 6.92 Å². The first-order valence-electron chi connectivity index (χ1n) is 8.74. The molecule has 140 valence electrons. The quantitative estimate of drug-likeness (QED) is 0.584. The lowest BCUT2D eigenvalue weighted by Gasteiger charge is -2.18. The number of H-pyrrole nitrogens is 1. The number of nitrogens with one attached hydrogen (secondary N) is 3. The molecule has 0 saturated carbocycles. The summed E-state index contributed by atoms with van der Waals surface area (Å²) >= 11 is 5.91. The van der Waals surface area contributed by atoms with E-state index in [1.807, 2.05) is 36.4 Å². The fourth-order valence-corrected chi connectivity index (χ4v) is 3.02. The van der Waals surface area contributed by atoms with Crippen LogP contribution in [0.15, 0.2) is 48.5 Å². The number of aromatic nitrogens is 2. The zero-order valence-corrected chi connectivity index (χ0v) is 15.7. The highest BCUT2D eigenvalue weighted by atomic mass is 35.5. The molecule has 6 nitrogen and oxygen atoms in total. The molecule has 3 N–H and O–H groups in total. The number of carbonyl (C=O) groups is 2. The van der Waals surface area contributed by atoms with Gasteiger partial charge in [0, 0.05) is 24.9 Å². The lowest BCUT2D eigenvalue weighted by atomic mass is 10.0. The molecule has 1 atom stereocenters. The molecule has 0 unspecified atom stereocenters. The Bertz CT molecular complexity index is 904. The van der Waals surface area contributed by atoms with Crippen LogP contribution in [0.1, 0.15) is 30.8 Å². The van der Waals surface area contributed by atoms with Crippen molar-refractivity contribution in [2.45, 2.75) is 25.8 Å². The number of halogens is 1. The minimum absolute atomic E-state index is 0.139. The van der Waals surface area contributed by atoms with Crippen LogP contribution in [0.4, 0.5) is 0 Å². The van der Waals surface area contributed by atoms with Crippen molar-refractivity contribution in [3.8, 4) is 0 Å². The molecule has 0 aliphatic heterocycles. The largest absolute Gasteiger partial charge is 0.356 e. The second-order valence-electron chi connectivity index (χ2n) is 6.31. The van der Waals surface area contributed by atoms with E-state index in [4.69, 9.17) is 11.6 Å². The van der Waals surface area contributed by atoms with Crippen molar-refractivity contribution >= 4 is 34.4 Å². The molecule has 0 fully saturated rings. The monoisotopic (exact) mass is 384 g/mol. The number of rotatable bonds is 7. The maximum atomic E-state index is 12.3. The maximum absolute atomic E-state index is 12.3. The highest BCUT2D eigenvalue weighted by Crippen LogP contribution is 2.19. The van der Waals surface area contributed by atoms with Crippen LogP contribution in [0.5, 0.6) is 0 Å². The van der Waals surface area contributed by atoms with E-state index < -0.39 is 6.04 Å². The highest BCUT2D eigenvalue weighted by molar-refractivity contribution is 6.30. The van der Waals surface area contributed by atoms with E-state index >= 15 is 0 Å². The summed E-state index contributed by atoms with van der Waals surface area (Å²) in [5.74, 6) is 0.498. The Labute approximate surface area is 162 Å². The lowest BCUT2D eigenvalue weighted by Crippen LogP contribution is -2.33. The SMILES string of the molecule is CC(=O)N[C@H](CC(=O)NCCc1nc2ccccc2[nH]1)c1ccc(Cl)cc1. The van der Waals surface area contributed by atoms with Crippen LogP contribution in [0.2, 0.25) is 5.02 Å². The molecule has 0 saturated heterocycles. The zero-order valence-electron chi connectivity index (χ0n) is 15.0. The average Bonchev–Trinajstić information content (AvgIpc) is 3.04. The molecule has 1 aromatic heterocycles. The number of benzene rings is 2. The van der Waals surface area contributed by atoms with Gasteiger partial charge in [0.15, 0.2) is 0 Å². The fraction of sp³-hybridized carbons (Fsp3) is 0.250. The van der Waals surface area contributed by atoms with Crippen molar-refractivity contribution in [3.63, 3.8) is 0 Å². The molecule has 2 aromatic carbocycles. The van der Waals surface area contributed by atoms with E-state index in [9.17, 15) is 9.59 Å². The molecule has 0 radical (unpaired) electrons. The number of imidazole rings is 1. The minimum Gasteiger partial charge on any atom is -0.356 e. The number of hydrogen-bond acceptors (Lipinski definition) is 3. The molecule has 3 aromatic rings. The van der Waals surface area contributed by atoms with Gasteiger partial charge in [0.1, 0.15) is 5.82 Å². The molecule has 27 heavy (non-hydrogen) atoms. The summed E-state index contributed by atoms with van der Waals surface area (Å²) in [5.41, 5.74) is 2.72. The Morgan fingerprint density at radius 1 is 1.15 bits per heavy atom. The highest BCUT2D eigenvalue weighted by Gasteiger charge is 2.17. The summed E-state index contributed by atoms with van der Waals surface area (Å²) in [7, 11) is 0. The van der Waals surface area contributed by atoms with E-state index in [0.717, 1.165) is 22.4 Å². The number of amides is 2. The number of para-hydroxylation sites is 2. The van der Waals surface area contributed by atoms with Crippen LogP contribution in [-0.2, 0) is 16.0 Å². The van der Waals surface area contributed by atoms with Crippen molar-refractivity contribution in [1.29, 1.82) is 0 Å². The van der Waals surface area contributed by atoms with Crippen LogP contribution in [-0.4, -0.2) is 28.3 Å². The summed E-state index contributed by atoms with van der Waals surface area (Å²) in [4.78, 5) is 31.5. The molecule has 7 heteroatoms. The Morgan fingerprint density at radius 2 is 1.89 bits per heavy atom. The Hall–Kier alpha value is -2.86. The molecule has 0 spiro atoms. The third-order valence-electron chi connectivity index (χ3n) is 4.16. The van der Waals surface area contributed by atoms with Gasteiger partial charge in [-0.2, -0.15) is 0 Å². The summed E-state index contributed by atoms with van der Waals surface area (Å²) in [6.45, 7) is 1.90. The standard InChI is InChI=1S/C20H21ClN4O2/c1-13(26)23-18(14-6-8-15(21)9-7-14)12-20(27)22-11-10-19-24-16-4-2-3-5-17(16)25-19/h2-9,18H,10-12H2,1H3,(H,22,27)(H,23,26)(H,24,25)/t18-/m1/s1. The number of fused-ring (bicyclic) bond motifs is 1. The van der Waals surface area contributed by atoms with Crippen LogP contribution in [0.3, 0.4) is 0 Å². The summed E-state index contributed by atoms with van der Waals surface area (Å²) in [6, 6.07) is 14.5. The van der Waals surface area contributed by atoms with Crippen LogP contribution < -0.4 is 10.6 Å². The number of carbonyl (C=O) groups excluding carboxylic acids is 2. The molecule has 0 bridgehead atoms. The molecular weight excluding hydrogens is 364 g/mol. The van der Waals surface area contributed by atoms with E-state index in [1.54, 1.807) is 12.1 Å². The third kappa shape index (κ3) is 5.31. The molecule has 2 amide bonds. The van der Waals surface area contributed by atoms with Crippen molar-refractivity contribution in [2.24, 2.45) is 0 Å². The molecule has 0 aliphatic rings. The molecule has 3 rings (SSSR count). The number of hydrogen-bond donors (Lipinski definition) is 3. The summed E-state index contributed by atoms with van der Waals surface area (Å²) in [6.07, 6.45) is 0.757. The minimum atomic E-state index is -0.397. The molecule has 1 heterocycles. The Morgan fingerprint density at radius 3 is 2.59 bits per heavy atom. The number of aromatic amines is 1. The fourth-order valence-electron chi connectivity index (χ4n) is 2.89. The summed E-state index contributed by atoms with van der Waals surface area (Å²) < 4.78 is 0. The second-order valence-corrected chi connectivity index (χ2v) is 6.75. The Balaban J connectivity index is 1.55. The lowest BCUT2D eigenvalue weighted by molar-refractivity contribution is -0.122. The second kappa shape index (κ2) is 8.68. The topological polar surface area (TPSA) is 86.9 Å². The first kappa shape index (κ1) is 18.9. The van der Waals surface area contributed by atoms with Gasteiger partial charge in [-0.15, -0.1) is 0 Å².